The Balaban J connectivity index is 2.10. The third-order valence-corrected chi connectivity index (χ3v) is 3.17. The molecule has 0 radical (unpaired) electrons. The number of hydrogen-bond acceptors (Lipinski definition) is 3. The average Bonchev–Trinajstić information content (AvgIpc) is 2.46. The molecule has 0 aliphatic carbocycles. The quantitative estimate of drug-likeness (QED) is 0.805. The number of aryl methyl sites for hydroxylation is 1. The van der Waals surface area contributed by atoms with E-state index in [1.807, 2.05) is 30.3 Å². The van der Waals surface area contributed by atoms with Crippen molar-refractivity contribution in [1.82, 2.24) is 0 Å². The average molecular weight is 256 g/mol. The van der Waals surface area contributed by atoms with Crippen LogP contribution in [-0.2, 0) is 13.0 Å². The highest BCUT2D eigenvalue weighted by molar-refractivity contribution is 5.65. The zero-order chi connectivity index (χ0) is 13.7. The van der Waals surface area contributed by atoms with Gasteiger partial charge in [-0.2, -0.15) is 0 Å². The van der Waals surface area contributed by atoms with Gasteiger partial charge in [0.05, 0.1) is 18.5 Å². The highest BCUT2D eigenvalue weighted by atomic mass is 16.5. The van der Waals surface area contributed by atoms with E-state index in [0.717, 1.165) is 30.1 Å². The Morgan fingerprint density at radius 2 is 1.95 bits per heavy atom. The van der Waals surface area contributed by atoms with Crippen LogP contribution in [0.1, 0.15) is 18.1 Å². The lowest BCUT2D eigenvalue weighted by atomic mass is 10.1. The number of methoxy groups -OCH3 is 1. The summed E-state index contributed by atoms with van der Waals surface area (Å²) >= 11 is 0. The van der Waals surface area contributed by atoms with Crippen molar-refractivity contribution in [3.63, 3.8) is 0 Å². The van der Waals surface area contributed by atoms with Gasteiger partial charge < -0.3 is 15.8 Å². The Kier molecular flexibility index (Phi) is 4.29. The number of anilines is 2. The van der Waals surface area contributed by atoms with Gasteiger partial charge in [-0.15, -0.1) is 0 Å². The monoisotopic (exact) mass is 256 g/mol. The van der Waals surface area contributed by atoms with Gasteiger partial charge in [0, 0.05) is 6.54 Å². The molecule has 3 nitrogen and oxygen atoms in total. The van der Waals surface area contributed by atoms with Crippen LogP contribution >= 0.6 is 0 Å². The summed E-state index contributed by atoms with van der Waals surface area (Å²) in [6, 6.07) is 14.1. The fourth-order valence-corrected chi connectivity index (χ4v) is 2.07. The van der Waals surface area contributed by atoms with Crippen LogP contribution in [0.5, 0.6) is 5.75 Å². The molecule has 0 atom stereocenters. The Bertz CT molecular complexity index is 552. The van der Waals surface area contributed by atoms with Gasteiger partial charge in [0.1, 0.15) is 5.75 Å². The third-order valence-electron chi connectivity index (χ3n) is 3.17. The maximum atomic E-state index is 5.90. The topological polar surface area (TPSA) is 47.3 Å². The Morgan fingerprint density at radius 3 is 2.63 bits per heavy atom. The van der Waals surface area contributed by atoms with Crippen molar-refractivity contribution in [2.75, 3.05) is 18.2 Å². The minimum atomic E-state index is 0.755. The molecule has 0 aliphatic rings. The number of para-hydroxylation sites is 2. The van der Waals surface area contributed by atoms with Gasteiger partial charge in [0.25, 0.3) is 0 Å². The van der Waals surface area contributed by atoms with E-state index in [-0.39, 0.29) is 0 Å². The summed E-state index contributed by atoms with van der Waals surface area (Å²) in [5, 5.41) is 3.35. The number of nitrogens with one attached hydrogen (secondary N) is 1. The van der Waals surface area contributed by atoms with Crippen LogP contribution in [0.15, 0.2) is 42.5 Å². The number of ether oxygens (including phenoxy) is 1. The second-order valence-corrected chi connectivity index (χ2v) is 4.44. The lowest BCUT2D eigenvalue weighted by Crippen LogP contribution is -2.03. The Morgan fingerprint density at radius 1 is 1.16 bits per heavy atom. The van der Waals surface area contributed by atoms with Crippen molar-refractivity contribution < 1.29 is 4.74 Å². The maximum Gasteiger partial charge on any atom is 0.122 e. The van der Waals surface area contributed by atoms with Gasteiger partial charge in [-0.3, -0.25) is 0 Å². The summed E-state index contributed by atoms with van der Waals surface area (Å²) < 4.78 is 5.33. The van der Waals surface area contributed by atoms with Gasteiger partial charge >= 0.3 is 0 Å². The van der Waals surface area contributed by atoms with Gasteiger partial charge in [-0.1, -0.05) is 31.2 Å². The molecule has 2 aromatic carbocycles. The summed E-state index contributed by atoms with van der Waals surface area (Å²) in [7, 11) is 1.71. The molecule has 19 heavy (non-hydrogen) atoms. The molecule has 0 spiro atoms. The van der Waals surface area contributed by atoms with Gasteiger partial charge in [-0.25, -0.2) is 0 Å². The van der Waals surface area contributed by atoms with Crippen LogP contribution in [0, 0.1) is 0 Å². The van der Waals surface area contributed by atoms with Crippen LogP contribution in [0.3, 0.4) is 0 Å². The summed E-state index contributed by atoms with van der Waals surface area (Å²) in [5.74, 6) is 0.950. The normalized spacial score (nSPS) is 10.2. The molecule has 0 saturated carbocycles. The fraction of sp³-hybridized carbons (Fsp3) is 0.250. The van der Waals surface area contributed by atoms with Gasteiger partial charge in [0.15, 0.2) is 0 Å². The van der Waals surface area contributed by atoms with Gasteiger partial charge in [-0.05, 0) is 35.7 Å². The number of nitrogens with two attached hydrogens (primary N) is 1. The van der Waals surface area contributed by atoms with Crippen LogP contribution in [0.4, 0.5) is 11.4 Å². The molecule has 0 unspecified atom stereocenters. The lowest BCUT2D eigenvalue weighted by molar-refractivity contribution is 0.410. The molecular weight excluding hydrogens is 236 g/mol. The highest BCUT2D eigenvalue weighted by Gasteiger charge is 2.03. The maximum absolute atomic E-state index is 5.90. The minimum Gasteiger partial charge on any atom is -0.496 e. The highest BCUT2D eigenvalue weighted by Crippen LogP contribution is 2.22. The summed E-state index contributed by atoms with van der Waals surface area (Å²) in [4.78, 5) is 0. The first kappa shape index (κ1) is 13.3. The molecule has 0 aliphatic heterocycles. The molecule has 2 aromatic rings. The van der Waals surface area contributed by atoms with E-state index in [1.165, 1.54) is 11.1 Å². The van der Waals surface area contributed by atoms with E-state index in [4.69, 9.17) is 10.5 Å². The van der Waals surface area contributed by atoms with E-state index < -0.39 is 0 Å². The predicted molar refractivity (Wildman–Crippen MR) is 80.6 cm³/mol. The zero-order valence-corrected chi connectivity index (χ0v) is 11.4. The molecule has 100 valence electrons. The summed E-state index contributed by atoms with van der Waals surface area (Å²) in [5.41, 5.74) is 10.1. The van der Waals surface area contributed by atoms with Crippen LogP contribution in [-0.4, -0.2) is 7.11 Å². The molecule has 3 N–H and O–H groups in total. The second-order valence-electron chi connectivity index (χ2n) is 4.44. The van der Waals surface area contributed by atoms with Crippen molar-refractivity contribution >= 4 is 11.4 Å². The molecular formula is C16H20N2O. The third kappa shape index (κ3) is 3.19. The van der Waals surface area contributed by atoms with E-state index in [2.05, 4.69) is 24.4 Å². The van der Waals surface area contributed by atoms with Crippen LogP contribution in [0.2, 0.25) is 0 Å². The first-order valence-electron chi connectivity index (χ1n) is 6.48. The number of benzene rings is 2. The first-order chi connectivity index (χ1) is 9.24. The summed E-state index contributed by atoms with van der Waals surface area (Å²) in [6.07, 6.45) is 0.963. The van der Waals surface area contributed by atoms with Crippen molar-refractivity contribution in [3.05, 3.63) is 53.6 Å². The molecule has 0 aromatic heterocycles. The van der Waals surface area contributed by atoms with Crippen molar-refractivity contribution in [1.29, 1.82) is 0 Å². The van der Waals surface area contributed by atoms with Crippen LogP contribution < -0.4 is 15.8 Å². The van der Waals surface area contributed by atoms with Crippen molar-refractivity contribution in [3.8, 4) is 5.75 Å². The molecule has 0 heterocycles. The smallest absolute Gasteiger partial charge is 0.122 e. The molecule has 0 bridgehead atoms. The van der Waals surface area contributed by atoms with Crippen molar-refractivity contribution in [2.45, 2.75) is 19.9 Å². The van der Waals surface area contributed by atoms with Gasteiger partial charge in [0.2, 0.25) is 0 Å². The van der Waals surface area contributed by atoms with E-state index in [0.29, 0.717) is 0 Å². The predicted octanol–water partition coefficient (Wildman–Crippen LogP) is 3.45. The Hall–Kier alpha value is -2.16. The number of hydrogen-bond donors (Lipinski definition) is 2. The number of nitrogen functional groups attached to an aromatic ring is 1. The fourth-order valence-electron chi connectivity index (χ4n) is 2.07. The van der Waals surface area contributed by atoms with E-state index in [9.17, 15) is 0 Å². The second kappa shape index (κ2) is 6.14. The first-order valence-corrected chi connectivity index (χ1v) is 6.48. The van der Waals surface area contributed by atoms with Crippen molar-refractivity contribution in [2.24, 2.45) is 0 Å². The van der Waals surface area contributed by atoms with E-state index in [1.54, 1.807) is 7.11 Å². The largest absolute Gasteiger partial charge is 0.496 e. The SMILES string of the molecule is CCc1cc(CNc2ccccc2N)ccc1OC. The molecule has 3 heteroatoms. The lowest BCUT2D eigenvalue weighted by Gasteiger charge is -2.12. The molecule has 0 saturated heterocycles. The van der Waals surface area contributed by atoms with E-state index >= 15 is 0 Å². The zero-order valence-electron chi connectivity index (χ0n) is 11.4. The molecule has 0 fully saturated rings. The van der Waals surface area contributed by atoms with Crippen LogP contribution in [0.25, 0.3) is 0 Å². The molecule has 0 amide bonds. The minimum absolute atomic E-state index is 0.755. The standard InChI is InChI=1S/C16H20N2O/c1-3-13-10-12(8-9-16(13)19-2)11-18-15-7-5-4-6-14(15)17/h4-10,18H,3,11,17H2,1-2H3. The summed E-state index contributed by atoms with van der Waals surface area (Å²) in [6.45, 7) is 2.88. The Labute approximate surface area is 114 Å². The number of rotatable bonds is 5. The molecule has 2 rings (SSSR count).